The molecule has 0 aromatic rings. The van der Waals surface area contributed by atoms with E-state index in [1.54, 1.807) is 7.11 Å². The number of nitrogens with one attached hydrogen (secondary N) is 1. The monoisotopic (exact) mass is 215 g/mol. The van der Waals surface area contributed by atoms with Crippen molar-refractivity contribution < 1.29 is 9.47 Å². The van der Waals surface area contributed by atoms with Gasteiger partial charge < -0.3 is 14.8 Å². The Labute approximate surface area is 93.5 Å². The summed E-state index contributed by atoms with van der Waals surface area (Å²) in [5.41, 5.74) is 0. The Morgan fingerprint density at radius 1 is 1.00 bits per heavy atom. The second-order valence-electron chi connectivity index (χ2n) is 4.23. The minimum Gasteiger partial charge on any atom is -0.385 e. The van der Waals surface area contributed by atoms with E-state index in [4.69, 9.17) is 9.47 Å². The Bertz CT molecular complexity index is 136. The third-order valence-corrected chi connectivity index (χ3v) is 2.88. The molecule has 1 aliphatic heterocycles. The van der Waals surface area contributed by atoms with Crippen LogP contribution in [0.1, 0.15) is 38.5 Å². The predicted octanol–water partition coefficient (Wildman–Crippen LogP) is 1.96. The summed E-state index contributed by atoms with van der Waals surface area (Å²) in [4.78, 5) is 0. The maximum Gasteiger partial charge on any atom is 0.0599 e. The van der Waals surface area contributed by atoms with E-state index in [2.05, 4.69) is 5.32 Å². The molecule has 1 aliphatic rings. The first kappa shape index (κ1) is 12.9. The van der Waals surface area contributed by atoms with E-state index in [1.165, 1.54) is 38.5 Å². The maximum atomic E-state index is 5.82. The first-order valence-corrected chi connectivity index (χ1v) is 6.24. The molecule has 15 heavy (non-hydrogen) atoms. The lowest BCUT2D eigenvalue weighted by atomic mass is 10.1. The van der Waals surface area contributed by atoms with Crippen molar-refractivity contribution in [2.24, 2.45) is 0 Å². The minimum atomic E-state index is 0.519. The summed E-state index contributed by atoms with van der Waals surface area (Å²) in [6, 6.07) is 0. The number of unbranched alkanes of at least 4 members (excludes halogenated alkanes) is 3. The van der Waals surface area contributed by atoms with Crippen molar-refractivity contribution in [3.8, 4) is 0 Å². The van der Waals surface area contributed by atoms with Gasteiger partial charge in [0.25, 0.3) is 0 Å². The van der Waals surface area contributed by atoms with Gasteiger partial charge >= 0.3 is 0 Å². The first-order valence-electron chi connectivity index (χ1n) is 6.24. The summed E-state index contributed by atoms with van der Waals surface area (Å²) in [7, 11) is 1.76. The highest BCUT2D eigenvalue weighted by molar-refractivity contribution is 4.67. The smallest absolute Gasteiger partial charge is 0.0599 e. The average Bonchev–Trinajstić information content (AvgIpc) is 2.29. The number of hydrogen-bond donors (Lipinski definition) is 1. The van der Waals surface area contributed by atoms with Crippen molar-refractivity contribution >= 4 is 0 Å². The highest BCUT2D eigenvalue weighted by Gasteiger charge is 2.12. The molecule has 1 heterocycles. The fourth-order valence-electron chi connectivity index (χ4n) is 1.91. The SMILES string of the molecule is COCCCCCCOC1CCNCC1. The molecular weight excluding hydrogens is 190 g/mol. The summed E-state index contributed by atoms with van der Waals surface area (Å²) in [6.45, 7) is 4.09. The molecule has 3 nitrogen and oxygen atoms in total. The third-order valence-electron chi connectivity index (χ3n) is 2.88. The lowest BCUT2D eigenvalue weighted by Gasteiger charge is -2.22. The highest BCUT2D eigenvalue weighted by Crippen LogP contribution is 2.08. The topological polar surface area (TPSA) is 30.5 Å². The molecule has 0 bridgehead atoms. The van der Waals surface area contributed by atoms with Gasteiger partial charge in [-0.2, -0.15) is 0 Å². The quantitative estimate of drug-likeness (QED) is 0.628. The summed E-state index contributed by atoms with van der Waals surface area (Å²) >= 11 is 0. The Hall–Kier alpha value is -0.120. The van der Waals surface area contributed by atoms with Crippen LogP contribution >= 0.6 is 0 Å². The van der Waals surface area contributed by atoms with Gasteiger partial charge in [-0.25, -0.2) is 0 Å². The van der Waals surface area contributed by atoms with Crippen molar-refractivity contribution in [1.29, 1.82) is 0 Å². The molecule has 0 unspecified atom stereocenters. The standard InChI is InChI=1S/C12H25NO2/c1-14-10-4-2-3-5-11-15-12-6-8-13-9-7-12/h12-13H,2-11H2,1H3. The van der Waals surface area contributed by atoms with Crippen molar-refractivity contribution in [3.63, 3.8) is 0 Å². The molecule has 1 rings (SSSR count). The van der Waals surface area contributed by atoms with Crippen molar-refractivity contribution in [1.82, 2.24) is 5.32 Å². The molecule has 0 spiro atoms. The zero-order valence-electron chi connectivity index (χ0n) is 9.96. The van der Waals surface area contributed by atoms with Crippen LogP contribution in [0.5, 0.6) is 0 Å². The summed E-state index contributed by atoms with van der Waals surface area (Å²) < 4.78 is 10.8. The van der Waals surface area contributed by atoms with Gasteiger partial charge in [0.2, 0.25) is 0 Å². The number of ether oxygens (including phenoxy) is 2. The lowest BCUT2D eigenvalue weighted by molar-refractivity contribution is 0.0305. The van der Waals surface area contributed by atoms with Crippen LogP contribution < -0.4 is 5.32 Å². The maximum absolute atomic E-state index is 5.82. The molecule has 1 fully saturated rings. The largest absolute Gasteiger partial charge is 0.385 e. The van der Waals surface area contributed by atoms with Gasteiger partial charge in [-0.1, -0.05) is 12.8 Å². The molecule has 90 valence electrons. The van der Waals surface area contributed by atoms with Gasteiger partial charge in [0, 0.05) is 20.3 Å². The van der Waals surface area contributed by atoms with E-state index in [0.29, 0.717) is 6.10 Å². The van der Waals surface area contributed by atoms with E-state index in [9.17, 15) is 0 Å². The van der Waals surface area contributed by atoms with Crippen LogP contribution in [0.15, 0.2) is 0 Å². The van der Waals surface area contributed by atoms with Crippen molar-refractivity contribution in [3.05, 3.63) is 0 Å². The zero-order valence-corrected chi connectivity index (χ0v) is 9.96. The van der Waals surface area contributed by atoms with Crippen LogP contribution in [0.2, 0.25) is 0 Å². The normalized spacial score (nSPS) is 18.2. The van der Waals surface area contributed by atoms with Gasteiger partial charge in [0.05, 0.1) is 6.10 Å². The molecule has 3 heteroatoms. The van der Waals surface area contributed by atoms with Crippen LogP contribution in [0.3, 0.4) is 0 Å². The lowest BCUT2D eigenvalue weighted by Crippen LogP contribution is -2.32. The van der Waals surface area contributed by atoms with E-state index in [0.717, 1.165) is 26.3 Å². The molecule has 0 radical (unpaired) electrons. The fourth-order valence-corrected chi connectivity index (χ4v) is 1.91. The Morgan fingerprint density at radius 3 is 2.33 bits per heavy atom. The van der Waals surface area contributed by atoms with Gasteiger partial charge in [-0.05, 0) is 38.8 Å². The van der Waals surface area contributed by atoms with Crippen molar-refractivity contribution in [2.45, 2.75) is 44.6 Å². The Kier molecular flexibility index (Phi) is 7.88. The first-order chi connectivity index (χ1) is 7.43. The molecule has 1 saturated heterocycles. The Morgan fingerprint density at radius 2 is 1.67 bits per heavy atom. The zero-order chi connectivity index (χ0) is 10.8. The molecule has 0 saturated carbocycles. The molecule has 0 aromatic carbocycles. The van der Waals surface area contributed by atoms with Crippen LogP contribution in [0.4, 0.5) is 0 Å². The highest BCUT2D eigenvalue weighted by atomic mass is 16.5. The van der Waals surface area contributed by atoms with Gasteiger partial charge in [-0.15, -0.1) is 0 Å². The fraction of sp³-hybridized carbons (Fsp3) is 1.00. The number of rotatable bonds is 8. The van der Waals surface area contributed by atoms with Crippen LogP contribution in [-0.4, -0.2) is 39.5 Å². The van der Waals surface area contributed by atoms with Crippen molar-refractivity contribution in [2.75, 3.05) is 33.4 Å². The summed E-state index contributed by atoms with van der Waals surface area (Å²) in [5.74, 6) is 0. The minimum absolute atomic E-state index is 0.519. The van der Waals surface area contributed by atoms with Gasteiger partial charge in [0.1, 0.15) is 0 Å². The number of piperidine rings is 1. The number of hydrogen-bond acceptors (Lipinski definition) is 3. The van der Waals surface area contributed by atoms with Crippen LogP contribution in [-0.2, 0) is 9.47 Å². The molecule has 0 amide bonds. The van der Waals surface area contributed by atoms with Crippen LogP contribution in [0.25, 0.3) is 0 Å². The predicted molar refractivity (Wildman–Crippen MR) is 62.2 cm³/mol. The van der Waals surface area contributed by atoms with E-state index < -0.39 is 0 Å². The summed E-state index contributed by atoms with van der Waals surface area (Å²) in [5, 5.41) is 3.35. The molecular formula is C12H25NO2. The van der Waals surface area contributed by atoms with Gasteiger partial charge in [0.15, 0.2) is 0 Å². The third kappa shape index (κ3) is 6.88. The van der Waals surface area contributed by atoms with E-state index in [-0.39, 0.29) is 0 Å². The molecule has 1 N–H and O–H groups in total. The second-order valence-corrected chi connectivity index (χ2v) is 4.23. The Balaban J connectivity index is 1.79. The average molecular weight is 215 g/mol. The molecule has 0 aliphatic carbocycles. The van der Waals surface area contributed by atoms with E-state index >= 15 is 0 Å². The molecule has 0 aromatic heterocycles. The summed E-state index contributed by atoms with van der Waals surface area (Å²) in [6.07, 6.45) is 7.81. The van der Waals surface area contributed by atoms with Gasteiger partial charge in [-0.3, -0.25) is 0 Å². The molecule has 0 atom stereocenters. The van der Waals surface area contributed by atoms with Crippen LogP contribution in [0, 0.1) is 0 Å². The number of methoxy groups -OCH3 is 1. The van der Waals surface area contributed by atoms with E-state index in [1.807, 2.05) is 0 Å². The second kappa shape index (κ2) is 9.13.